The first-order chi connectivity index (χ1) is 11.8. The predicted molar refractivity (Wildman–Crippen MR) is 90.4 cm³/mol. The molecular weight excluding hydrogens is 307 g/mol. The Balaban J connectivity index is 1.34. The lowest BCUT2D eigenvalue weighted by atomic mass is 10.3. The van der Waals surface area contributed by atoms with Gasteiger partial charge in [-0.2, -0.15) is 0 Å². The van der Waals surface area contributed by atoms with Gasteiger partial charge in [-0.05, 0) is 18.2 Å². The molecule has 3 aromatic rings. The summed E-state index contributed by atoms with van der Waals surface area (Å²) >= 11 is 0. The van der Waals surface area contributed by atoms with E-state index in [1.54, 1.807) is 24.8 Å². The Bertz CT molecular complexity index is 810. The minimum absolute atomic E-state index is 0.244. The minimum Gasteiger partial charge on any atom is -0.338 e. The molecule has 1 aliphatic heterocycles. The van der Waals surface area contributed by atoms with Gasteiger partial charge < -0.3 is 9.47 Å². The van der Waals surface area contributed by atoms with E-state index in [2.05, 4.69) is 29.3 Å². The van der Waals surface area contributed by atoms with Gasteiger partial charge in [0.05, 0.1) is 17.4 Å². The lowest BCUT2D eigenvalue weighted by Crippen LogP contribution is -2.47. The number of nitrogens with zero attached hydrogens (tertiary/aromatic N) is 6. The Hall–Kier alpha value is -2.54. The van der Waals surface area contributed by atoms with Crippen LogP contribution in [0, 0.1) is 5.82 Å². The summed E-state index contributed by atoms with van der Waals surface area (Å²) in [6.07, 6.45) is 5.35. The predicted octanol–water partition coefficient (Wildman–Crippen LogP) is 1.79. The largest absolute Gasteiger partial charge is 0.338 e. The Kier molecular flexibility index (Phi) is 4.08. The number of hydrogen-bond acceptors (Lipinski definition) is 5. The van der Waals surface area contributed by atoms with E-state index >= 15 is 0 Å². The molecule has 3 heterocycles. The quantitative estimate of drug-likeness (QED) is 0.732. The first-order valence-corrected chi connectivity index (χ1v) is 8.14. The van der Waals surface area contributed by atoms with Crippen molar-refractivity contribution in [3.63, 3.8) is 0 Å². The molecular formula is C17H19FN6. The molecule has 1 aliphatic rings. The number of imidazole rings is 1. The normalized spacial score (nSPS) is 16.0. The third kappa shape index (κ3) is 3.07. The maximum atomic E-state index is 13.2. The zero-order valence-corrected chi connectivity index (χ0v) is 13.3. The van der Waals surface area contributed by atoms with Gasteiger partial charge in [-0.25, -0.2) is 19.3 Å². The number of aromatic nitrogens is 4. The van der Waals surface area contributed by atoms with E-state index in [9.17, 15) is 4.39 Å². The van der Waals surface area contributed by atoms with Crippen molar-refractivity contribution in [3.8, 4) is 0 Å². The lowest BCUT2D eigenvalue weighted by molar-refractivity contribution is 0.248. The van der Waals surface area contributed by atoms with Crippen LogP contribution >= 0.6 is 0 Å². The van der Waals surface area contributed by atoms with Gasteiger partial charge in [0.1, 0.15) is 5.82 Å². The van der Waals surface area contributed by atoms with E-state index in [0.717, 1.165) is 50.7 Å². The van der Waals surface area contributed by atoms with E-state index in [0.29, 0.717) is 5.52 Å². The van der Waals surface area contributed by atoms with Crippen LogP contribution in [0.4, 0.5) is 10.3 Å². The fourth-order valence-electron chi connectivity index (χ4n) is 3.09. The van der Waals surface area contributed by atoms with Gasteiger partial charge in [0, 0.05) is 57.7 Å². The molecule has 7 heteroatoms. The van der Waals surface area contributed by atoms with Gasteiger partial charge in [-0.15, -0.1) is 0 Å². The molecule has 6 nitrogen and oxygen atoms in total. The summed E-state index contributed by atoms with van der Waals surface area (Å²) in [5.41, 5.74) is 1.69. The molecule has 0 radical (unpaired) electrons. The number of piperazine rings is 1. The number of halogens is 1. The van der Waals surface area contributed by atoms with Crippen LogP contribution in [-0.4, -0.2) is 57.1 Å². The molecule has 24 heavy (non-hydrogen) atoms. The summed E-state index contributed by atoms with van der Waals surface area (Å²) in [5.74, 6) is 0.562. The van der Waals surface area contributed by atoms with Crippen LogP contribution in [-0.2, 0) is 6.54 Å². The van der Waals surface area contributed by atoms with Crippen LogP contribution in [0.25, 0.3) is 11.0 Å². The highest BCUT2D eigenvalue weighted by Gasteiger charge is 2.18. The van der Waals surface area contributed by atoms with E-state index in [1.807, 2.05) is 6.07 Å². The van der Waals surface area contributed by atoms with E-state index in [-0.39, 0.29) is 5.82 Å². The zero-order valence-electron chi connectivity index (χ0n) is 13.3. The maximum Gasteiger partial charge on any atom is 0.225 e. The summed E-state index contributed by atoms with van der Waals surface area (Å²) in [4.78, 5) is 17.5. The Morgan fingerprint density at radius 1 is 0.958 bits per heavy atom. The van der Waals surface area contributed by atoms with E-state index in [4.69, 9.17) is 0 Å². The zero-order chi connectivity index (χ0) is 16.4. The van der Waals surface area contributed by atoms with Crippen molar-refractivity contribution in [3.05, 3.63) is 48.8 Å². The molecule has 0 spiro atoms. The molecule has 0 saturated carbocycles. The highest BCUT2D eigenvalue weighted by Crippen LogP contribution is 2.15. The summed E-state index contributed by atoms with van der Waals surface area (Å²) < 4.78 is 15.3. The van der Waals surface area contributed by atoms with Crippen LogP contribution in [0.3, 0.4) is 0 Å². The van der Waals surface area contributed by atoms with Crippen LogP contribution < -0.4 is 4.90 Å². The lowest BCUT2D eigenvalue weighted by Gasteiger charge is -2.34. The molecule has 0 N–H and O–H groups in total. The highest BCUT2D eigenvalue weighted by atomic mass is 19.1. The molecule has 0 amide bonds. The molecule has 1 fully saturated rings. The van der Waals surface area contributed by atoms with Crippen LogP contribution in [0.15, 0.2) is 43.0 Å². The second kappa shape index (κ2) is 6.52. The number of rotatable bonds is 4. The van der Waals surface area contributed by atoms with Crippen molar-refractivity contribution in [2.75, 3.05) is 37.6 Å². The summed E-state index contributed by atoms with van der Waals surface area (Å²) in [5, 5.41) is 0. The highest BCUT2D eigenvalue weighted by molar-refractivity contribution is 5.75. The third-order valence-electron chi connectivity index (χ3n) is 4.45. The smallest absolute Gasteiger partial charge is 0.225 e. The molecule has 0 unspecified atom stereocenters. The van der Waals surface area contributed by atoms with Crippen LogP contribution in [0.2, 0.25) is 0 Å². The number of benzene rings is 1. The number of fused-ring (bicyclic) bond motifs is 1. The molecule has 0 atom stereocenters. The average Bonchev–Trinajstić information content (AvgIpc) is 3.03. The number of hydrogen-bond donors (Lipinski definition) is 0. The standard InChI is InChI=1S/C17H19FN6/c18-14-2-3-16-15(12-14)21-13-24(16)11-8-22-6-9-23(10-7-22)17-19-4-1-5-20-17/h1-5,12-13H,6-11H2. The van der Waals surface area contributed by atoms with E-state index < -0.39 is 0 Å². The van der Waals surface area contributed by atoms with Crippen molar-refractivity contribution in [2.45, 2.75) is 6.54 Å². The molecule has 0 aliphatic carbocycles. The molecule has 124 valence electrons. The number of anilines is 1. The SMILES string of the molecule is Fc1ccc2c(c1)ncn2CCN1CCN(c2ncccn2)CC1. The summed E-state index contributed by atoms with van der Waals surface area (Å²) in [6.45, 7) is 5.63. The summed E-state index contributed by atoms with van der Waals surface area (Å²) in [7, 11) is 0. The van der Waals surface area contributed by atoms with E-state index in [1.165, 1.54) is 12.1 Å². The summed E-state index contributed by atoms with van der Waals surface area (Å²) in [6, 6.07) is 6.59. The Labute approximate surface area is 139 Å². The molecule has 0 bridgehead atoms. The van der Waals surface area contributed by atoms with Crippen molar-refractivity contribution in [1.82, 2.24) is 24.4 Å². The molecule has 1 aromatic carbocycles. The van der Waals surface area contributed by atoms with Gasteiger partial charge in [0.15, 0.2) is 0 Å². The minimum atomic E-state index is -0.244. The Morgan fingerprint density at radius 2 is 1.75 bits per heavy atom. The van der Waals surface area contributed by atoms with Crippen molar-refractivity contribution in [1.29, 1.82) is 0 Å². The van der Waals surface area contributed by atoms with Gasteiger partial charge in [0.2, 0.25) is 5.95 Å². The first-order valence-electron chi connectivity index (χ1n) is 8.14. The van der Waals surface area contributed by atoms with Gasteiger partial charge in [-0.1, -0.05) is 0 Å². The molecule has 1 saturated heterocycles. The van der Waals surface area contributed by atoms with Gasteiger partial charge in [-0.3, -0.25) is 4.90 Å². The maximum absolute atomic E-state index is 13.2. The van der Waals surface area contributed by atoms with Gasteiger partial charge >= 0.3 is 0 Å². The topological polar surface area (TPSA) is 50.1 Å². The fourth-order valence-corrected chi connectivity index (χ4v) is 3.09. The second-order valence-electron chi connectivity index (χ2n) is 5.95. The molecule has 2 aromatic heterocycles. The second-order valence-corrected chi connectivity index (χ2v) is 5.95. The monoisotopic (exact) mass is 326 g/mol. The average molecular weight is 326 g/mol. The van der Waals surface area contributed by atoms with Crippen molar-refractivity contribution in [2.24, 2.45) is 0 Å². The van der Waals surface area contributed by atoms with Crippen molar-refractivity contribution < 1.29 is 4.39 Å². The third-order valence-corrected chi connectivity index (χ3v) is 4.45. The van der Waals surface area contributed by atoms with Crippen LogP contribution in [0.1, 0.15) is 0 Å². The van der Waals surface area contributed by atoms with Crippen LogP contribution in [0.5, 0.6) is 0 Å². The van der Waals surface area contributed by atoms with Gasteiger partial charge in [0.25, 0.3) is 0 Å². The van der Waals surface area contributed by atoms with Crippen molar-refractivity contribution >= 4 is 17.0 Å². The first kappa shape index (κ1) is 15.0. The Morgan fingerprint density at radius 3 is 2.54 bits per heavy atom. The molecule has 4 rings (SSSR count). The fraction of sp³-hybridized carbons (Fsp3) is 0.353.